The third-order valence-corrected chi connectivity index (χ3v) is 13.5. The molecule has 12 aromatic rings. The van der Waals surface area contributed by atoms with Crippen molar-refractivity contribution in [2.75, 3.05) is 11.4 Å². The van der Waals surface area contributed by atoms with Gasteiger partial charge in [0, 0.05) is 73.1 Å². The summed E-state index contributed by atoms with van der Waals surface area (Å²) in [7, 11) is 0. The van der Waals surface area contributed by atoms with Crippen LogP contribution in [0.2, 0.25) is 0 Å². The van der Waals surface area contributed by atoms with Gasteiger partial charge in [-0.05, 0) is 108 Å². The average molecular weight is 897 g/mol. The van der Waals surface area contributed by atoms with Crippen LogP contribution in [0.1, 0.15) is 5.56 Å². The molecular weight excluding hydrogens is 853 g/mol. The first-order chi connectivity index (χ1) is 34.6. The van der Waals surface area contributed by atoms with Crippen LogP contribution in [0, 0.1) is 0 Å². The highest BCUT2D eigenvalue weighted by molar-refractivity contribution is 6.12. The first-order valence-electron chi connectivity index (χ1n) is 23.7. The van der Waals surface area contributed by atoms with E-state index in [0.29, 0.717) is 24.0 Å². The van der Waals surface area contributed by atoms with Gasteiger partial charge < -0.3 is 14.0 Å². The van der Waals surface area contributed by atoms with Crippen LogP contribution in [0.3, 0.4) is 0 Å². The van der Waals surface area contributed by atoms with Crippen molar-refractivity contribution in [2.45, 2.75) is 0 Å². The second-order valence-corrected chi connectivity index (χ2v) is 17.7. The minimum Gasteiger partial charge on any atom is -0.337 e. The summed E-state index contributed by atoms with van der Waals surface area (Å²) in [4.78, 5) is 17.3. The van der Waals surface area contributed by atoms with Gasteiger partial charge in [0.15, 0.2) is 17.5 Å². The Bertz CT molecular complexity index is 3970. The largest absolute Gasteiger partial charge is 0.337 e. The van der Waals surface area contributed by atoms with E-state index in [1.165, 1.54) is 32.6 Å². The van der Waals surface area contributed by atoms with Gasteiger partial charge in [0.05, 0.1) is 22.1 Å². The molecule has 1 aliphatic rings. The summed E-state index contributed by atoms with van der Waals surface area (Å²) in [6.07, 6.45) is 8.56. The lowest BCUT2D eigenvalue weighted by atomic mass is 9.96. The zero-order chi connectivity index (χ0) is 46.5. The van der Waals surface area contributed by atoms with Gasteiger partial charge in [-0.1, -0.05) is 158 Å². The molecule has 0 amide bonds. The summed E-state index contributed by atoms with van der Waals surface area (Å²) < 4.78 is 4.72. The number of hydrogen-bond acceptors (Lipinski definition) is 4. The molecular formula is C64H44N6. The van der Waals surface area contributed by atoms with Crippen molar-refractivity contribution < 1.29 is 0 Å². The molecule has 330 valence electrons. The molecule has 0 spiro atoms. The zero-order valence-corrected chi connectivity index (χ0v) is 38.2. The van der Waals surface area contributed by atoms with E-state index < -0.39 is 0 Å². The van der Waals surface area contributed by atoms with Gasteiger partial charge in [0.1, 0.15) is 0 Å². The highest BCUT2D eigenvalue weighted by Gasteiger charge is 2.21. The van der Waals surface area contributed by atoms with E-state index in [9.17, 15) is 0 Å². The molecule has 70 heavy (non-hydrogen) atoms. The van der Waals surface area contributed by atoms with E-state index in [1.54, 1.807) is 0 Å². The standard InChI is InChI=1S/C64H44N6/c1-43-18-6-5-17-39-68(51-35-38-61-56(42-51)53-26-14-16-28-59(53)69(61)49-23-11-4-12-24-49)57-36-31-47(40-54(43)57)48-32-37-60-55(41-48)52-25-13-15-27-58(52)70(60)50-33-29-46(30-34-50)64-66-62(44-19-7-2-8-20-44)65-63(67-64)45-21-9-3-10-22-45/h2-38,40-42H,1,39H2/b17-5-,18-6-. The Morgan fingerprint density at radius 2 is 0.814 bits per heavy atom. The summed E-state index contributed by atoms with van der Waals surface area (Å²) in [5.74, 6) is 1.91. The Morgan fingerprint density at radius 3 is 1.44 bits per heavy atom. The summed E-state index contributed by atoms with van der Waals surface area (Å²) in [5, 5.41) is 4.83. The molecule has 0 bridgehead atoms. The topological polar surface area (TPSA) is 51.8 Å². The Hall–Kier alpha value is -9.39. The van der Waals surface area contributed by atoms with E-state index in [1.807, 2.05) is 60.7 Å². The van der Waals surface area contributed by atoms with Crippen molar-refractivity contribution in [3.63, 3.8) is 0 Å². The lowest BCUT2D eigenvalue weighted by molar-refractivity contribution is 1.07. The van der Waals surface area contributed by atoms with E-state index in [2.05, 4.69) is 203 Å². The lowest BCUT2D eigenvalue weighted by Crippen LogP contribution is -2.18. The molecule has 4 heterocycles. The lowest BCUT2D eigenvalue weighted by Gasteiger charge is -2.27. The number of aromatic nitrogens is 5. The number of benzene rings is 9. The molecule has 0 unspecified atom stereocenters. The first-order valence-corrected chi connectivity index (χ1v) is 23.7. The number of nitrogens with zero attached hydrogens (tertiary/aromatic N) is 6. The molecule has 0 atom stereocenters. The molecule has 0 aliphatic carbocycles. The fraction of sp³-hybridized carbons (Fsp3) is 0.0156. The predicted molar refractivity (Wildman–Crippen MR) is 291 cm³/mol. The summed E-state index contributed by atoms with van der Waals surface area (Å²) in [6, 6.07) is 77.3. The molecule has 6 nitrogen and oxygen atoms in total. The first kappa shape index (κ1) is 40.8. The third-order valence-electron chi connectivity index (χ3n) is 13.5. The van der Waals surface area contributed by atoms with Crippen LogP contribution in [0.15, 0.2) is 249 Å². The Morgan fingerprint density at radius 1 is 0.357 bits per heavy atom. The highest BCUT2D eigenvalue weighted by Crippen LogP contribution is 2.42. The maximum atomic E-state index is 4.98. The van der Waals surface area contributed by atoms with E-state index >= 15 is 0 Å². The van der Waals surface area contributed by atoms with Crippen molar-refractivity contribution in [3.05, 3.63) is 255 Å². The van der Waals surface area contributed by atoms with Crippen molar-refractivity contribution >= 4 is 60.6 Å². The van der Waals surface area contributed by atoms with Crippen molar-refractivity contribution in [1.29, 1.82) is 0 Å². The molecule has 6 heteroatoms. The van der Waals surface area contributed by atoms with Gasteiger partial charge in [-0.15, -0.1) is 0 Å². The zero-order valence-electron chi connectivity index (χ0n) is 38.2. The molecule has 9 aromatic carbocycles. The minimum absolute atomic E-state index is 0.629. The molecule has 0 fully saturated rings. The Labute approximate surface area is 405 Å². The van der Waals surface area contributed by atoms with Gasteiger partial charge in [-0.3, -0.25) is 0 Å². The van der Waals surface area contributed by atoms with Crippen LogP contribution in [-0.2, 0) is 0 Å². The molecule has 0 saturated heterocycles. The van der Waals surface area contributed by atoms with Crippen molar-refractivity contribution in [3.8, 4) is 56.7 Å². The Kier molecular flexibility index (Phi) is 9.95. The minimum atomic E-state index is 0.629. The third kappa shape index (κ3) is 7.09. The van der Waals surface area contributed by atoms with Gasteiger partial charge >= 0.3 is 0 Å². The SMILES string of the molecule is C=C1/C=C\C=C/CN(c2ccc3c(c2)c2ccccc2n3-c2ccccc2)c2ccc(-c3ccc4c(c3)c3ccccc3n4-c3ccc(-c4nc(-c5ccccc5)nc(-c5ccccc5)n4)cc3)cc21. The van der Waals surface area contributed by atoms with E-state index in [0.717, 1.165) is 72.7 Å². The average Bonchev–Trinajstić information content (AvgIpc) is 3.96. The van der Waals surface area contributed by atoms with Gasteiger partial charge in [-0.2, -0.15) is 0 Å². The van der Waals surface area contributed by atoms with Gasteiger partial charge in [-0.25, -0.2) is 15.0 Å². The predicted octanol–water partition coefficient (Wildman–Crippen LogP) is 16.0. The summed E-state index contributed by atoms with van der Waals surface area (Å²) in [5.41, 5.74) is 16.2. The monoisotopic (exact) mass is 896 g/mol. The number of hydrogen-bond donors (Lipinski definition) is 0. The number of allylic oxidation sites excluding steroid dienone is 4. The molecule has 3 aromatic heterocycles. The Balaban J connectivity index is 0.877. The summed E-state index contributed by atoms with van der Waals surface area (Å²) in [6.45, 7) is 5.32. The fourth-order valence-corrected chi connectivity index (χ4v) is 10.2. The maximum absolute atomic E-state index is 4.98. The van der Waals surface area contributed by atoms with Crippen LogP contribution in [-0.4, -0.2) is 30.6 Å². The van der Waals surface area contributed by atoms with Gasteiger partial charge in [0.2, 0.25) is 0 Å². The van der Waals surface area contributed by atoms with Gasteiger partial charge in [0.25, 0.3) is 0 Å². The number of rotatable bonds is 7. The van der Waals surface area contributed by atoms with Crippen LogP contribution in [0.25, 0.3) is 106 Å². The van der Waals surface area contributed by atoms with Crippen molar-refractivity contribution in [2.24, 2.45) is 0 Å². The number of anilines is 2. The highest BCUT2D eigenvalue weighted by atomic mass is 15.1. The molecule has 1 aliphatic heterocycles. The molecule has 0 radical (unpaired) electrons. The van der Waals surface area contributed by atoms with Crippen LogP contribution < -0.4 is 4.90 Å². The van der Waals surface area contributed by atoms with Crippen LogP contribution in [0.5, 0.6) is 0 Å². The number of fused-ring (bicyclic) bond motifs is 7. The van der Waals surface area contributed by atoms with Crippen molar-refractivity contribution in [1.82, 2.24) is 24.1 Å². The molecule has 0 N–H and O–H groups in total. The van der Waals surface area contributed by atoms with Crippen LogP contribution in [0.4, 0.5) is 11.4 Å². The quantitative estimate of drug-likeness (QED) is 0.160. The second-order valence-electron chi connectivity index (χ2n) is 17.7. The molecule has 0 saturated carbocycles. The number of para-hydroxylation sites is 3. The molecule has 13 rings (SSSR count). The van der Waals surface area contributed by atoms with E-state index in [4.69, 9.17) is 15.0 Å². The summed E-state index contributed by atoms with van der Waals surface area (Å²) >= 11 is 0. The normalized spacial score (nSPS) is 13.6. The maximum Gasteiger partial charge on any atom is 0.164 e. The van der Waals surface area contributed by atoms with Crippen LogP contribution >= 0.6 is 0 Å². The smallest absolute Gasteiger partial charge is 0.164 e. The fourth-order valence-electron chi connectivity index (χ4n) is 10.2. The second kappa shape index (κ2) is 17.0. The van der Waals surface area contributed by atoms with E-state index in [-0.39, 0.29) is 0 Å².